The molecule has 2 N–H and O–H groups in total. The summed E-state index contributed by atoms with van der Waals surface area (Å²) in [5.74, 6) is 0.230. The van der Waals surface area contributed by atoms with Crippen molar-refractivity contribution >= 4 is 11.8 Å². The number of para-hydroxylation sites is 1. The van der Waals surface area contributed by atoms with Crippen LogP contribution in [0.15, 0.2) is 78.9 Å². The monoisotopic (exact) mass is 390 g/mol. The lowest BCUT2D eigenvalue weighted by Crippen LogP contribution is -2.41. The van der Waals surface area contributed by atoms with Gasteiger partial charge >= 0.3 is 0 Å². The number of amides is 2. The molecule has 0 aliphatic rings. The van der Waals surface area contributed by atoms with Crippen LogP contribution in [0.25, 0.3) is 0 Å². The third-order valence-electron chi connectivity index (χ3n) is 4.09. The predicted molar refractivity (Wildman–Crippen MR) is 110 cm³/mol. The van der Waals surface area contributed by atoms with Crippen LogP contribution in [0.3, 0.4) is 0 Å². The van der Waals surface area contributed by atoms with Crippen LogP contribution in [-0.2, 0) is 6.61 Å². The molecule has 148 valence electrons. The Hall–Kier alpha value is -3.80. The van der Waals surface area contributed by atoms with E-state index in [1.165, 1.54) is 0 Å². The van der Waals surface area contributed by atoms with E-state index in [2.05, 4.69) is 10.9 Å². The number of hydrazine groups is 1. The van der Waals surface area contributed by atoms with E-state index in [4.69, 9.17) is 9.47 Å². The Morgan fingerprint density at radius 2 is 1.41 bits per heavy atom. The lowest BCUT2D eigenvalue weighted by Gasteiger charge is -2.11. The van der Waals surface area contributed by atoms with E-state index in [-0.39, 0.29) is 0 Å². The zero-order chi connectivity index (χ0) is 20.5. The Bertz CT molecular complexity index is 956. The van der Waals surface area contributed by atoms with Crippen molar-refractivity contribution in [2.24, 2.45) is 0 Å². The second-order valence-electron chi connectivity index (χ2n) is 6.14. The van der Waals surface area contributed by atoms with Crippen molar-refractivity contribution in [2.45, 2.75) is 13.5 Å². The molecule has 0 aliphatic heterocycles. The quantitative estimate of drug-likeness (QED) is 0.603. The van der Waals surface area contributed by atoms with Gasteiger partial charge in [-0.05, 0) is 48.9 Å². The fourth-order valence-electron chi connectivity index (χ4n) is 2.63. The van der Waals surface area contributed by atoms with Gasteiger partial charge in [0.2, 0.25) is 0 Å². The summed E-state index contributed by atoms with van der Waals surface area (Å²) in [4.78, 5) is 24.6. The highest BCUT2D eigenvalue weighted by atomic mass is 16.5. The summed E-state index contributed by atoms with van der Waals surface area (Å²) in [6.07, 6.45) is 0. The number of hydrogen-bond acceptors (Lipinski definition) is 4. The van der Waals surface area contributed by atoms with Crippen molar-refractivity contribution in [1.82, 2.24) is 10.9 Å². The number of carbonyl (C=O) groups is 2. The minimum Gasteiger partial charge on any atom is -0.493 e. The Kier molecular flexibility index (Phi) is 6.84. The zero-order valence-electron chi connectivity index (χ0n) is 16.1. The fraction of sp³-hybridized carbons (Fsp3) is 0.130. The predicted octanol–water partition coefficient (Wildman–Crippen LogP) is 3.74. The molecule has 0 heterocycles. The molecule has 0 saturated heterocycles. The van der Waals surface area contributed by atoms with Crippen molar-refractivity contribution in [1.29, 1.82) is 0 Å². The summed E-state index contributed by atoms with van der Waals surface area (Å²) in [6.45, 7) is 2.72. The molecule has 0 radical (unpaired) electrons. The molecule has 6 heteroatoms. The van der Waals surface area contributed by atoms with Crippen LogP contribution < -0.4 is 20.3 Å². The Morgan fingerprint density at radius 1 is 0.759 bits per heavy atom. The van der Waals surface area contributed by atoms with Gasteiger partial charge in [-0.15, -0.1) is 0 Å². The summed E-state index contributed by atoms with van der Waals surface area (Å²) in [5.41, 5.74) is 6.62. The van der Waals surface area contributed by atoms with Crippen LogP contribution >= 0.6 is 0 Å². The highest BCUT2D eigenvalue weighted by molar-refractivity contribution is 6.00. The topological polar surface area (TPSA) is 76.7 Å². The molecule has 3 aromatic carbocycles. The Labute approximate surface area is 169 Å². The molecule has 0 aliphatic carbocycles. The van der Waals surface area contributed by atoms with Gasteiger partial charge in [0.1, 0.15) is 18.1 Å². The third-order valence-corrected chi connectivity index (χ3v) is 4.09. The number of carbonyl (C=O) groups excluding carboxylic acids is 2. The Morgan fingerprint density at radius 3 is 2.14 bits per heavy atom. The van der Waals surface area contributed by atoms with Gasteiger partial charge in [0.15, 0.2) is 0 Å². The van der Waals surface area contributed by atoms with Crippen LogP contribution in [-0.4, -0.2) is 18.4 Å². The van der Waals surface area contributed by atoms with Crippen molar-refractivity contribution in [3.05, 3.63) is 95.6 Å². The average Bonchev–Trinajstić information content (AvgIpc) is 2.77. The second-order valence-corrected chi connectivity index (χ2v) is 6.14. The van der Waals surface area contributed by atoms with Gasteiger partial charge in [-0.25, -0.2) is 0 Å². The first-order chi connectivity index (χ1) is 14.2. The van der Waals surface area contributed by atoms with Crippen LogP contribution in [0.1, 0.15) is 33.2 Å². The molecule has 0 aromatic heterocycles. The molecule has 0 spiro atoms. The van der Waals surface area contributed by atoms with Crippen molar-refractivity contribution < 1.29 is 19.1 Å². The summed E-state index contributed by atoms with van der Waals surface area (Å²) in [7, 11) is 0. The van der Waals surface area contributed by atoms with Gasteiger partial charge < -0.3 is 9.47 Å². The molecule has 0 saturated carbocycles. The number of ether oxygens (including phenoxy) is 2. The lowest BCUT2D eigenvalue weighted by molar-refractivity contribution is 0.0844. The van der Waals surface area contributed by atoms with E-state index < -0.39 is 11.8 Å². The molecule has 0 atom stereocenters. The maximum Gasteiger partial charge on any atom is 0.273 e. The molecular formula is C23H22N2O4. The van der Waals surface area contributed by atoms with Gasteiger partial charge in [0, 0.05) is 5.56 Å². The average molecular weight is 390 g/mol. The molecule has 6 nitrogen and oxygen atoms in total. The number of rotatable bonds is 7. The number of benzene rings is 3. The van der Waals surface area contributed by atoms with Gasteiger partial charge in [0.05, 0.1) is 12.2 Å². The molecule has 0 fully saturated rings. The summed E-state index contributed by atoms with van der Waals surface area (Å²) < 4.78 is 11.1. The molecule has 3 rings (SSSR count). The standard InChI is InChI=1S/C23H22N2O4/c1-2-28-21-11-7-6-10-20(21)23(27)25-24-22(26)18-12-14-19(15-13-18)29-16-17-8-4-3-5-9-17/h3-15H,2,16H2,1H3,(H,24,26)(H,25,27). The van der Waals surface area contributed by atoms with E-state index in [9.17, 15) is 9.59 Å². The highest BCUT2D eigenvalue weighted by Crippen LogP contribution is 2.17. The van der Waals surface area contributed by atoms with E-state index in [0.29, 0.717) is 35.8 Å². The maximum absolute atomic E-state index is 12.3. The van der Waals surface area contributed by atoms with Crippen molar-refractivity contribution in [3.63, 3.8) is 0 Å². The first-order valence-corrected chi connectivity index (χ1v) is 9.26. The fourth-order valence-corrected chi connectivity index (χ4v) is 2.63. The van der Waals surface area contributed by atoms with Crippen LogP contribution in [0.5, 0.6) is 11.5 Å². The molecule has 3 aromatic rings. The van der Waals surface area contributed by atoms with Gasteiger partial charge in [0.25, 0.3) is 11.8 Å². The zero-order valence-corrected chi connectivity index (χ0v) is 16.1. The second kappa shape index (κ2) is 9.94. The third kappa shape index (κ3) is 5.59. The van der Waals surface area contributed by atoms with E-state index >= 15 is 0 Å². The largest absolute Gasteiger partial charge is 0.493 e. The van der Waals surface area contributed by atoms with Gasteiger partial charge in [-0.1, -0.05) is 42.5 Å². The maximum atomic E-state index is 12.3. The minimum absolute atomic E-state index is 0.347. The van der Waals surface area contributed by atoms with Crippen molar-refractivity contribution in [2.75, 3.05) is 6.61 Å². The first-order valence-electron chi connectivity index (χ1n) is 9.26. The normalized spacial score (nSPS) is 10.1. The SMILES string of the molecule is CCOc1ccccc1C(=O)NNC(=O)c1ccc(OCc2ccccc2)cc1. The molecule has 29 heavy (non-hydrogen) atoms. The van der Waals surface area contributed by atoms with E-state index in [0.717, 1.165) is 5.56 Å². The number of hydrogen-bond donors (Lipinski definition) is 2. The molecule has 0 unspecified atom stereocenters. The van der Waals surface area contributed by atoms with Crippen molar-refractivity contribution in [3.8, 4) is 11.5 Å². The van der Waals surface area contributed by atoms with Crippen LogP contribution in [0.4, 0.5) is 0 Å². The van der Waals surface area contributed by atoms with E-state index in [1.54, 1.807) is 48.5 Å². The molecular weight excluding hydrogens is 368 g/mol. The summed E-state index contributed by atoms with van der Waals surface area (Å²) >= 11 is 0. The Balaban J connectivity index is 1.53. The minimum atomic E-state index is -0.454. The molecule has 2 amide bonds. The smallest absolute Gasteiger partial charge is 0.273 e. The number of nitrogens with one attached hydrogen (secondary N) is 2. The van der Waals surface area contributed by atoms with Crippen LogP contribution in [0, 0.1) is 0 Å². The van der Waals surface area contributed by atoms with E-state index in [1.807, 2.05) is 37.3 Å². The first kappa shape index (κ1) is 19.9. The molecule has 0 bridgehead atoms. The summed E-state index contributed by atoms with van der Waals surface area (Å²) in [6, 6.07) is 23.4. The van der Waals surface area contributed by atoms with Crippen LogP contribution in [0.2, 0.25) is 0 Å². The van der Waals surface area contributed by atoms with Gasteiger partial charge in [-0.2, -0.15) is 0 Å². The summed E-state index contributed by atoms with van der Waals surface area (Å²) in [5, 5.41) is 0. The highest BCUT2D eigenvalue weighted by Gasteiger charge is 2.13. The lowest BCUT2D eigenvalue weighted by atomic mass is 10.2. The van der Waals surface area contributed by atoms with Gasteiger partial charge in [-0.3, -0.25) is 20.4 Å².